The van der Waals surface area contributed by atoms with Gasteiger partial charge in [-0.1, -0.05) is 6.07 Å². The number of anilines is 1. The SMILES string of the molecule is CC(=O)N1c2ccc(-c3cnn(CCN4CCC(N)CC4)c3)cc2[C@H](NC(=O)OC(C)C)C[C@@H]1C.Cl.Cl. The molecule has 1 saturated heterocycles. The van der Waals surface area contributed by atoms with Crippen LogP contribution < -0.4 is 16.0 Å². The molecule has 37 heavy (non-hydrogen) atoms. The maximum absolute atomic E-state index is 12.4. The Balaban J connectivity index is 0.00000241. The second-order valence-corrected chi connectivity index (χ2v) is 10.1. The molecule has 2 aliphatic heterocycles. The number of likely N-dealkylation sites (tertiary alicyclic amines) is 1. The maximum atomic E-state index is 12.4. The van der Waals surface area contributed by atoms with Gasteiger partial charge in [0.25, 0.3) is 0 Å². The third kappa shape index (κ3) is 7.60. The Labute approximate surface area is 231 Å². The third-order valence-corrected chi connectivity index (χ3v) is 6.90. The van der Waals surface area contributed by atoms with Crippen molar-refractivity contribution in [1.29, 1.82) is 0 Å². The number of carbonyl (C=O) groups excluding carboxylic acids is 2. The number of carbonyl (C=O) groups is 2. The third-order valence-electron chi connectivity index (χ3n) is 6.90. The van der Waals surface area contributed by atoms with Gasteiger partial charge in [-0.3, -0.25) is 9.48 Å². The van der Waals surface area contributed by atoms with Gasteiger partial charge in [-0.25, -0.2) is 4.79 Å². The van der Waals surface area contributed by atoms with Gasteiger partial charge < -0.3 is 25.6 Å². The fourth-order valence-corrected chi connectivity index (χ4v) is 5.11. The van der Waals surface area contributed by atoms with E-state index in [9.17, 15) is 9.59 Å². The first-order valence-electron chi connectivity index (χ1n) is 12.6. The van der Waals surface area contributed by atoms with Gasteiger partial charge in [-0.2, -0.15) is 5.10 Å². The molecule has 2 amide bonds. The van der Waals surface area contributed by atoms with Crippen molar-refractivity contribution in [3.63, 3.8) is 0 Å². The van der Waals surface area contributed by atoms with Gasteiger partial charge in [-0.15, -0.1) is 24.8 Å². The first-order chi connectivity index (χ1) is 16.7. The predicted octanol–water partition coefficient (Wildman–Crippen LogP) is 4.14. The number of nitrogens with two attached hydrogens (primary N) is 1. The average molecular weight is 556 g/mol. The lowest BCUT2D eigenvalue weighted by atomic mass is 9.89. The molecule has 1 aromatic carbocycles. The fraction of sp³-hybridized carbons (Fsp3) is 0.577. The van der Waals surface area contributed by atoms with Crippen LogP contribution >= 0.6 is 24.8 Å². The van der Waals surface area contributed by atoms with Crippen LogP contribution in [0.4, 0.5) is 10.5 Å². The minimum atomic E-state index is -0.448. The lowest BCUT2D eigenvalue weighted by molar-refractivity contribution is -0.117. The minimum absolute atomic E-state index is 0. The number of amides is 2. The Hall–Kier alpha value is -2.33. The Morgan fingerprint density at radius 2 is 1.86 bits per heavy atom. The second kappa shape index (κ2) is 13.5. The van der Waals surface area contributed by atoms with Crippen molar-refractivity contribution >= 4 is 42.5 Å². The summed E-state index contributed by atoms with van der Waals surface area (Å²) >= 11 is 0. The largest absolute Gasteiger partial charge is 0.447 e. The highest BCUT2D eigenvalue weighted by atomic mass is 35.5. The van der Waals surface area contributed by atoms with Gasteiger partial charge in [0.15, 0.2) is 0 Å². The highest BCUT2D eigenvalue weighted by Crippen LogP contribution is 2.39. The number of fused-ring (bicyclic) bond motifs is 1. The predicted molar refractivity (Wildman–Crippen MR) is 151 cm³/mol. The van der Waals surface area contributed by atoms with E-state index in [0.29, 0.717) is 12.5 Å². The normalized spacial score (nSPS) is 20.0. The molecule has 0 bridgehead atoms. The molecule has 9 nitrogen and oxygen atoms in total. The number of aromatic nitrogens is 2. The highest BCUT2D eigenvalue weighted by molar-refractivity contribution is 5.94. The molecule has 0 aliphatic carbocycles. The Morgan fingerprint density at radius 3 is 2.51 bits per heavy atom. The molecular formula is C26H40Cl2N6O3. The van der Waals surface area contributed by atoms with Crippen LogP contribution in [0.2, 0.25) is 0 Å². The van der Waals surface area contributed by atoms with Crippen molar-refractivity contribution in [2.75, 3.05) is 24.5 Å². The number of halogens is 2. The summed E-state index contributed by atoms with van der Waals surface area (Å²) in [6, 6.07) is 6.09. The molecule has 0 saturated carbocycles. The zero-order chi connectivity index (χ0) is 25.1. The monoisotopic (exact) mass is 554 g/mol. The molecule has 1 fully saturated rings. The molecule has 4 rings (SSSR count). The van der Waals surface area contributed by atoms with Crippen LogP contribution in [0.25, 0.3) is 11.1 Å². The summed E-state index contributed by atoms with van der Waals surface area (Å²) in [6.07, 6.45) is 5.99. The summed E-state index contributed by atoms with van der Waals surface area (Å²) < 4.78 is 7.30. The summed E-state index contributed by atoms with van der Waals surface area (Å²) in [4.78, 5) is 29.1. The van der Waals surface area contributed by atoms with E-state index in [-0.39, 0.29) is 48.9 Å². The first-order valence-corrected chi connectivity index (χ1v) is 12.6. The van der Waals surface area contributed by atoms with E-state index < -0.39 is 6.09 Å². The zero-order valence-corrected chi connectivity index (χ0v) is 23.7. The van der Waals surface area contributed by atoms with Crippen molar-refractivity contribution in [2.45, 2.75) is 77.7 Å². The average Bonchev–Trinajstić information content (AvgIpc) is 3.27. The fourth-order valence-electron chi connectivity index (χ4n) is 5.11. The molecule has 3 heterocycles. The van der Waals surface area contributed by atoms with Crippen molar-refractivity contribution < 1.29 is 14.3 Å². The van der Waals surface area contributed by atoms with Crippen molar-refractivity contribution in [3.05, 3.63) is 36.2 Å². The molecule has 3 N–H and O–H groups in total. The number of alkyl carbamates (subject to hydrolysis) is 1. The number of hydrogen-bond acceptors (Lipinski definition) is 6. The molecule has 2 atom stereocenters. The number of ether oxygens (including phenoxy) is 1. The first kappa shape index (κ1) is 30.9. The molecule has 0 spiro atoms. The van der Waals surface area contributed by atoms with E-state index in [2.05, 4.69) is 27.6 Å². The number of nitrogens with one attached hydrogen (secondary N) is 1. The van der Waals surface area contributed by atoms with Gasteiger partial charge >= 0.3 is 6.09 Å². The second-order valence-electron chi connectivity index (χ2n) is 10.1. The highest BCUT2D eigenvalue weighted by Gasteiger charge is 2.34. The number of hydrogen-bond donors (Lipinski definition) is 2. The Bertz CT molecular complexity index is 1050. The molecule has 0 radical (unpaired) electrons. The number of rotatable bonds is 6. The zero-order valence-electron chi connectivity index (χ0n) is 22.1. The summed E-state index contributed by atoms with van der Waals surface area (Å²) in [6.45, 7) is 11.1. The topological polar surface area (TPSA) is 106 Å². The summed E-state index contributed by atoms with van der Waals surface area (Å²) in [5.74, 6) is -0.0128. The quantitative estimate of drug-likeness (QED) is 0.555. The minimum Gasteiger partial charge on any atom is -0.447 e. The lowest BCUT2D eigenvalue weighted by Gasteiger charge is -2.39. The molecule has 2 aliphatic rings. The van der Waals surface area contributed by atoms with Gasteiger partial charge in [0.2, 0.25) is 5.91 Å². The van der Waals surface area contributed by atoms with Crippen molar-refractivity contribution in [1.82, 2.24) is 20.0 Å². The molecule has 2 aromatic rings. The van der Waals surface area contributed by atoms with Gasteiger partial charge in [-0.05, 0) is 76.4 Å². The van der Waals surface area contributed by atoms with Crippen LogP contribution in [0.1, 0.15) is 58.6 Å². The van der Waals surface area contributed by atoms with E-state index in [0.717, 1.165) is 61.4 Å². The number of benzene rings is 1. The molecular weight excluding hydrogens is 515 g/mol. The Kier molecular flexibility index (Phi) is 11.2. The van der Waals surface area contributed by atoms with Crippen molar-refractivity contribution in [2.24, 2.45) is 5.73 Å². The summed E-state index contributed by atoms with van der Waals surface area (Å²) in [5.41, 5.74) is 9.76. The molecule has 11 heteroatoms. The molecule has 0 unspecified atom stereocenters. The van der Waals surface area contributed by atoms with E-state index >= 15 is 0 Å². The van der Waals surface area contributed by atoms with E-state index in [1.807, 2.05) is 43.8 Å². The van der Waals surface area contributed by atoms with Gasteiger partial charge in [0.1, 0.15) is 0 Å². The van der Waals surface area contributed by atoms with E-state index in [1.165, 1.54) is 0 Å². The smallest absolute Gasteiger partial charge is 0.407 e. The maximum Gasteiger partial charge on any atom is 0.407 e. The number of nitrogens with zero attached hydrogens (tertiary/aromatic N) is 4. The lowest BCUT2D eigenvalue weighted by Crippen LogP contribution is -2.45. The van der Waals surface area contributed by atoms with Crippen LogP contribution in [-0.4, -0.2) is 64.5 Å². The van der Waals surface area contributed by atoms with Crippen LogP contribution in [0.5, 0.6) is 0 Å². The van der Waals surface area contributed by atoms with Crippen LogP contribution in [0.15, 0.2) is 30.6 Å². The number of piperidine rings is 1. The molecule has 1 aromatic heterocycles. The standard InChI is InChI=1S/C26H38N6O3.2ClH/c1-17(2)35-26(34)29-24-13-18(3)32(19(4)33)25-6-5-20(14-23(24)25)21-15-28-31(16-21)12-11-30-9-7-22(27)8-10-30;;/h5-6,14-18,22,24H,7-13,27H2,1-4H3,(H,29,34);2*1H/t18-,24+;;/m0../s1. The Morgan fingerprint density at radius 1 is 1.16 bits per heavy atom. The van der Waals surface area contributed by atoms with Gasteiger partial charge in [0.05, 0.1) is 24.9 Å². The van der Waals surface area contributed by atoms with E-state index in [1.54, 1.807) is 11.8 Å². The molecule has 206 valence electrons. The van der Waals surface area contributed by atoms with Crippen molar-refractivity contribution in [3.8, 4) is 11.1 Å². The van der Waals surface area contributed by atoms with Crippen LogP contribution in [-0.2, 0) is 16.1 Å². The summed E-state index contributed by atoms with van der Waals surface area (Å²) in [5, 5.41) is 7.58. The summed E-state index contributed by atoms with van der Waals surface area (Å²) in [7, 11) is 0. The van der Waals surface area contributed by atoms with E-state index in [4.69, 9.17) is 10.5 Å². The van der Waals surface area contributed by atoms with Crippen LogP contribution in [0, 0.1) is 0 Å². The van der Waals surface area contributed by atoms with Crippen LogP contribution in [0.3, 0.4) is 0 Å². The van der Waals surface area contributed by atoms with Gasteiger partial charge in [0, 0.05) is 43.0 Å².